The Morgan fingerprint density at radius 1 is 0.525 bits per heavy atom. The van der Waals surface area contributed by atoms with Gasteiger partial charge in [0.1, 0.15) is 11.5 Å². The minimum atomic E-state index is -3.51. The van der Waals surface area contributed by atoms with Crippen molar-refractivity contribution in [1.29, 1.82) is 0 Å². The molecule has 0 fully saturated rings. The largest absolute Gasteiger partial charge is 0.493 e. The lowest BCUT2D eigenvalue weighted by molar-refractivity contribution is -0.137. The van der Waals surface area contributed by atoms with Crippen molar-refractivity contribution in [3.8, 4) is 34.5 Å². The molecule has 0 heterocycles. The lowest BCUT2D eigenvalue weighted by Crippen LogP contribution is -2.09. The summed E-state index contributed by atoms with van der Waals surface area (Å²) in [6.45, 7) is 0. The van der Waals surface area contributed by atoms with Gasteiger partial charge in [-0.2, -0.15) is 0 Å². The van der Waals surface area contributed by atoms with Crippen LogP contribution in [0.15, 0.2) is 133 Å². The van der Waals surface area contributed by atoms with Gasteiger partial charge in [0.05, 0.1) is 44.3 Å². The maximum absolute atomic E-state index is 12.8. The van der Waals surface area contributed by atoms with E-state index >= 15 is 0 Å². The van der Waals surface area contributed by atoms with Gasteiger partial charge in [-0.1, -0.05) is 96.0 Å². The van der Waals surface area contributed by atoms with E-state index in [0.717, 1.165) is 5.56 Å². The van der Waals surface area contributed by atoms with Crippen molar-refractivity contribution in [2.75, 3.05) is 14.2 Å². The van der Waals surface area contributed by atoms with Crippen LogP contribution in [0.1, 0.15) is 33.4 Å². The first kappa shape index (κ1) is 46.2. The zero-order valence-electron chi connectivity index (χ0n) is 33.1. The molecule has 61 heavy (non-hydrogen) atoms. The number of sulfone groups is 1. The molecule has 0 aliphatic heterocycles. The third kappa shape index (κ3) is 14.7. The second kappa shape index (κ2) is 22.1. The predicted octanol–water partition coefficient (Wildman–Crippen LogP) is 10.1. The first-order valence-electron chi connectivity index (χ1n) is 18.5. The lowest BCUT2D eigenvalue weighted by atomic mass is 10.1. The molecule has 6 aromatic rings. The average Bonchev–Trinajstić information content (AvgIpc) is 3.20. The average molecular weight is 906 g/mol. The molecule has 0 aliphatic carbocycles. The number of hydrogen-bond donors (Lipinski definition) is 2. The molecule has 6 aromatic carbocycles. The van der Waals surface area contributed by atoms with Crippen LogP contribution in [0.2, 0.25) is 10.0 Å². The first-order chi connectivity index (χ1) is 29.2. The van der Waals surface area contributed by atoms with Crippen molar-refractivity contribution in [2.45, 2.75) is 35.9 Å². The van der Waals surface area contributed by atoms with Crippen LogP contribution < -0.4 is 18.9 Å². The van der Waals surface area contributed by atoms with Crippen molar-refractivity contribution in [3.63, 3.8) is 0 Å². The van der Waals surface area contributed by atoms with Crippen molar-refractivity contribution < 1.29 is 51.4 Å². The number of aliphatic carboxylic acids is 2. The number of carboxylic acids is 2. The molecule has 0 saturated heterocycles. The van der Waals surface area contributed by atoms with Crippen molar-refractivity contribution in [3.05, 3.63) is 177 Å². The van der Waals surface area contributed by atoms with Crippen LogP contribution >= 0.6 is 23.2 Å². The van der Waals surface area contributed by atoms with Gasteiger partial charge >= 0.3 is 11.9 Å². The number of methoxy groups -OCH3 is 2. The summed E-state index contributed by atoms with van der Waals surface area (Å²) in [6.07, 6.45) is -0.311. The van der Waals surface area contributed by atoms with Crippen LogP contribution in [0.5, 0.6) is 34.5 Å². The van der Waals surface area contributed by atoms with Gasteiger partial charge in [0.25, 0.3) is 0 Å². The smallest absolute Gasteiger partial charge is 0.307 e. The molecule has 11 nitrogen and oxygen atoms in total. The standard InChI is InChI=1S/C23H21ClO6S.C23H21ClO5S/c1-29-21-9-7-17(12-23(25)26)11-22(21)30-20-10-8-19(24)13-18(20)15-31(27,28)14-16-5-3-2-4-6-16;1-28-21-9-7-17(12-23(25)26)11-22(21)29-20-10-8-19(24)13-18(20)15-30(27)14-16-5-3-2-4-6-16/h2-11,13H,12,14-15H2,1H3,(H,25,26);2-11,13H,12,14-15H2,1H3,(H,25,26). The zero-order valence-corrected chi connectivity index (χ0v) is 36.2. The number of hydrogen-bond acceptors (Lipinski definition) is 9. The van der Waals surface area contributed by atoms with Gasteiger partial charge in [-0.25, -0.2) is 8.42 Å². The molecule has 0 aliphatic rings. The van der Waals surface area contributed by atoms with E-state index in [1.165, 1.54) is 14.2 Å². The Morgan fingerprint density at radius 2 is 0.967 bits per heavy atom. The van der Waals surface area contributed by atoms with Gasteiger partial charge in [-0.15, -0.1) is 0 Å². The number of carbonyl (C=O) groups is 2. The highest BCUT2D eigenvalue weighted by Crippen LogP contribution is 2.37. The fourth-order valence-corrected chi connectivity index (χ4v) is 9.16. The molecule has 0 radical (unpaired) electrons. The van der Waals surface area contributed by atoms with E-state index < -0.39 is 32.6 Å². The Balaban J connectivity index is 0.000000231. The molecule has 6 rings (SSSR count). The van der Waals surface area contributed by atoms with Gasteiger partial charge in [0.2, 0.25) is 0 Å². The Labute approximate surface area is 366 Å². The first-order valence-corrected chi connectivity index (χ1v) is 22.6. The van der Waals surface area contributed by atoms with Gasteiger partial charge in [0, 0.05) is 37.7 Å². The third-order valence-electron chi connectivity index (χ3n) is 8.74. The number of carboxylic acid groups (broad SMARTS) is 2. The molecule has 318 valence electrons. The molecule has 0 amide bonds. The van der Waals surface area contributed by atoms with Gasteiger partial charge in [-0.05, 0) is 82.9 Å². The Bertz CT molecular complexity index is 2590. The minimum absolute atomic E-state index is 0.114. The van der Waals surface area contributed by atoms with Crippen molar-refractivity contribution >= 4 is 55.8 Å². The quantitative estimate of drug-likeness (QED) is 0.0844. The summed E-state index contributed by atoms with van der Waals surface area (Å²) in [5.74, 6) is 0.706. The maximum atomic E-state index is 12.8. The molecule has 0 saturated carbocycles. The second-order valence-electron chi connectivity index (χ2n) is 13.6. The lowest BCUT2D eigenvalue weighted by Gasteiger charge is -2.15. The fourth-order valence-electron chi connectivity index (χ4n) is 6.03. The molecular formula is C46H42Cl2O11S2. The van der Waals surface area contributed by atoms with E-state index in [0.29, 0.717) is 72.4 Å². The van der Waals surface area contributed by atoms with Gasteiger partial charge < -0.3 is 29.2 Å². The van der Waals surface area contributed by atoms with Crippen LogP contribution in [0.3, 0.4) is 0 Å². The highest BCUT2D eigenvalue weighted by molar-refractivity contribution is 7.89. The molecule has 1 unspecified atom stereocenters. The monoisotopic (exact) mass is 904 g/mol. The molecule has 15 heteroatoms. The minimum Gasteiger partial charge on any atom is -0.493 e. The van der Waals surface area contributed by atoms with Crippen molar-refractivity contribution in [1.82, 2.24) is 0 Å². The predicted molar refractivity (Wildman–Crippen MR) is 236 cm³/mol. The van der Waals surface area contributed by atoms with Gasteiger partial charge in [0.15, 0.2) is 32.8 Å². The SMILES string of the molecule is COc1ccc(CC(=O)O)cc1Oc1ccc(Cl)cc1CS(=O)(=O)Cc1ccccc1.COc1ccc(CC(=O)O)cc1Oc1ccc(Cl)cc1CS(=O)Cc1ccccc1. The molecule has 0 bridgehead atoms. The number of rotatable bonds is 18. The topological polar surface area (TPSA) is 163 Å². The molecule has 0 spiro atoms. The summed E-state index contributed by atoms with van der Waals surface area (Å²) >= 11 is 12.3. The molecule has 0 aromatic heterocycles. The summed E-state index contributed by atoms with van der Waals surface area (Å²) in [7, 11) is -1.70. The summed E-state index contributed by atoms with van der Waals surface area (Å²) in [5.41, 5.74) is 3.88. The summed E-state index contributed by atoms with van der Waals surface area (Å²) < 4.78 is 61.0. The van der Waals surface area contributed by atoms with E-state index in [1.54, 1.807) is 97.1 Å². The van der Waals surface area contributed by atoms with Crippen LogP contribution in [0.4, 0.5) is 0 Å². The molecular weight excluding hydrogens is 864 g/mol. The van der Waals surface area contributed by atoms with E-state index in [-0.39, 0.29) is 35.8 Å². The van der Waals surface area contributed by atoms with Crippen LogP contribution in [0, 0.1) is 0 Å². The summed E-state index contributed by atoms with van der Waals surface area (Å²) in [4.78, 5) is 22.1. The van der Waals surface area contributed by atoms with Crippen LogP contribution in [-0.2, 0) is 66.1 Å². The molecule has 2 N–H and O–H groups in total. The third-order valence-corrected chi connectivity index (χ3v) is 12.0. The highest BCUT2D eigenvalue weighted by atomic mass is 35.5. The number of ether oxygens (including phenoxy) is 4. The van der Waals surface area contributed by atoms with Crippen molar-refractivity contribution in [2.24, 2.45) is 0 Å². The fraction of sp³-hybridized carbons (Fsp3) is 0.174. The van der Waals surface area contributed by atoms with Crippen LogP contribution in [-0.4, -0.2) is 49.0 Å². The Kier molecular flexibility index (Phi) is 16.8. The summed E-state index contributed by atoms with van der Waals surface area (Å²) in [5, 5.41) is 19.0. The Hall–Kier alpha value is -5.86. The van der Waals surface area contributed by atoms with Crippen LogP contribution in [0.25, 0.3) is 0 Å². The van der Waals surface area contributed by atoms with E-state index in [4.69, 9.17) is 52.4 Å². The number of benzene rings is 6. The number of halogens is 2. The highest BCUT2D eigenvalue weighted by Gasteiger charge is 2.19. The molecule has 1 atom stereocenters. The maximum Gasteiger partial charge on any atom is 0.307 e. The second-order valence-corrected chi connectivity index (χ2v) is 17.9. The Morgan fingerprint density at radius 3 is 1.44 bits per heavy atom. The van der Waals surface area contributed by atoms with Gasteiger partial charge in [-0.3, -0.25) is 13.8 Å². The normalized spacial score (nSPS) is 11.4. The van der Waals surface area contributed by atoms with E-state index in [1.807, 2.05) is 36.4 Å². The van der Waals surface area contributed by atoms with E-state index in [2.05, 4.69) is 0 Å². The summed E-state index contributed by atoms with van der Waals surface area (Å²) in [6, 6.07) is 38.2. The zero-order chi connectivity index (χ0) is 43.9. The van der Waals surface area contributed by atoms with E-state index in [9.17, 15) is 22.2 Å².